The number of rotatable bonds is 5. The van der Waals surface area contributed by atoms with Crippen molar-refractivity contribution in [1.82, 2.24) is 9.88 Å². The Hall–Kier alpha value is -1.33. The molecule has 1 aromatic rings. The van der Waals surface area contributed by atoms with E-state index in [1.54, 1.807) is 17.2 Å². The van der Waals surface area contributed by atoms with Crippen LogP contribution < -0.4 is 5.32 Å². The Kier molecular flexibility index (Phi) is 5.82. The predicted molar refractivity (Wildman–Crippen MR) is 84.0 cm³/mol. The van der Waals surface area contributed by atoms with Gasteiger partial charge in [0.15, 0.2) is 0 Å². The minimum atomic E-state index is -0.0432. The number of ether oxygens (including phenoxy) is 1. The van der Waals surface area contributed by atoms with Crippen molar-refractivity contribution in [3.63, 3.8) is 0 Å². The first kappa shape index (κ1) is 16.0. The number of carbonyl (C=O) groups is 1. The molecule has 2 heterocycles. The molecule has 0 bridgehead atoms. The highest BCUT2D eigenvalue weighted by molar-refractivity contribution is 6.33. The summed E-state index contributed by atoms with van der Waals surface area (Å²) in [7, 11) is 1.83. The van der Waals surface area contributed by atoms with Crippen molar-refractivity contribution in [3.05, 3.63) is 22.8 Å². The summed E-state index contributed by atoms with van der Waals surface area (Å²) >= 11 is 6.18. The fraction of sp³-hybridized carbons (Fsp3) is 0.600. The molecule has 0 atom stereocenters. The lowest BCUT2D eigenvalue weighted by Crippen LogP contribution is -2.40. The zero-order valence-corrected chi connectivity index (χ0v) is 13.3. The highest BCUT2D eigenvalue weighted by atomic mass is 35.5. The van der Waals surface area contributed by atoms with E-state index >= 15 is 0 Å². The van der Waals surface area contributed by atoms with Gasteiger partial charge in [0.2, 0.25) is 0 Å². The molecule has 0 aromatic carbocycles. The number of hydrogen-bond acceptors (Lipinski definition) is 4. The Bertz CT molecular complexity index is 490. The molecule has 1 aliphatic rings. The van der Waals surface area contributed by atoms with Crippen molar-refractivity contribution in [2.75, 3.05) is 32.1 Å². The van der Waals surface area contributed by atoms with E-state index in [1.807, 2.05) is 7.05 Å². The normalized spacial score (nSPS) is 15.8. The van der Waals surface area contributed by atoms with Crippen molar-refractivity contribution in [1.29, 1.82) is 0 Å². The van der Waals surface area contributed by atoms with E-state index in [9.17, 15) is 4.79 Å². The molecule has 5 nitrogen and oxygen atoms in total. The molecular formula is C15H22ClN3O2. The number of pyridine rings is 1. The third kappa shape index (κ3) is 4.08. The van der Waals surface area contributed by atoms with E-state index < -0.39 is 0 Å². The fourth-order valence-electron chi connectivity index (χ4n) is 2.37. The Morgan fingerprint density at radius 3 is 2.86 bits per heavy atom. The van der Waals surface area contributed by atoms with Gasteiger partial charge in [-0.2, -0.15) is 0 Å². The molecule has 21 heavy (non-hydrogen) atoms. The van der Waals surface area contributed by atoms with Gasteiger partial charge in [-0.1, -0.05) is 18.5 Å². The standard InChI is InChI=1S/C15H22ClN3O2/c1-3-6-17-14-13(16)9-11(10-18-14)15(20)19(2)12-4-7-21-8-5-12/h9-10,12H,3-8H2,1-2H3,(H,17,18). The number of halogens is 1. The fourth-order valence-corrected chi connectivity index (χ4v) is 2.60. The van der Waals surface area contributed by atoms with Crippen LogP contribution in [0.4, 0.5) is 5.82 Å². The van der Waals surface area contributed by atoms with Crippen LogP contribution in [0.3, 0.4) is 0 Å². The summed E-state index contributed by atoms with van der Waals surface area (Å²) in [6, 6.07) is 1.91. The van der Waals surface area contributed by atoms with Crippen molar-refractivity contribution in [2.45, 2.75) is 32.2 Å². The molecule has 1 amide bonds. The monoisotopic (exact) mass is 311 g/mol. The van der Waals surface area contributed by atoms with Crippen LogP contribution in [0.5, 0.6) is 0 Å². The third-order valence-electron chi connectivity index (χ3n) is 3.69. The number of carbonyl (C=O) groups excluding carboxylic acids is 1. The van der Waals surface area contributed by atoms with Gasteiger partial charge in [-0.05, 0) is 25.3 Å². The summed E-state index contributed by atoms with van der Waals surface area (Å²) in [5.41, 5.74) is 0.524. The summed E-state index contributed by atoms with van der Waals surface area (Å²) in [6.45, 7) is 4.30. The van der Waals surface area contributed by atoms with Crippen LogP contribution in [-0.4, -0.2) is 48.6 Å². The Balaban J connectivity index is 2.06. The van der Waals surface area contributed by atoms with Gasteiger partial charge in [0.1, 0.15) is 5.82 Å². The first-order valence-corrected chi connectivity index (χ1v) is 7.75. The van der Waals surface area contributed by atoms with Crippen molar-refractivity contribution >= 4 is 23.3 Å². The molecule has 116 valence electrons. The number of amides is 1. The van der Waals surface area contributed by atoms with Crippen molar-refractivity contribution in [2.24, 2.45) is 0 Å². The van der Waals surface area contributed by atoms with E-state index in [2.05, 4.69) is 17.2 Å². The lowest BCUT2D eigenvalue weighted by Gasteiger charge is -2.31. The maximum absolute atomic E-state index is 12.5. The van der Waals surface area contributed by atoms with Crippen LogP contribution in [-0.2, 0) is 4.74 Å². The predicted octanol–water partition coefficient (Wildman–Crippen LogP) is 2.81. The van der Waals surface area contributed by atoms with Gasteiger partial charge >= 0.3 is 0 Å². The lowest BCUT2D eigenvalue weighted by molar-refractivity contribution is 0.0362. The molecule has 0 unspecified atom stereocenters. The second-order valence-corrected chi connectivity index (χ2v) is 5.65. The Labute approximate surface area is 130 Å². The highest BCUT2D eigenvalue weighted by Gasteiger charge is 2.24. The van der Waals surface area contributed by atoms with E-state index in [-0.39, 0.29) is 11.9 Å². The molecule has 1 N–H and O–H groups in total. The molecule has 1 aromatic heterocycles. The molecule has 0 aliphatic carbocycles. The molecule has 0 radical (unpaired) electrons. The average Bonchev–Trinajstić information content (AvgIpc) is 2.53. The van der Waals surface area contributed by atoms with Gasteiger partial charge in [-0.3, -0.25) is 4.79 Å². The first-order chi connectivity index (χ1) is 10.1. The van der Waals surface area contributed by atoms with E-state index in [0.29, 0.717) is 29.6 Å². The number of aromatic nitrogens is 1. The minimum absolute atomic E-state index is 0.0432. The van der Waals surface area contributed by atoms with Crippen molar-refractivity contribution < 1.29 is 9.53 Å². The number of nitrogens with one attached hydrogen (secondary N) is 1. The summed E-state index contributed by atoms with van der Waals surface area (Å²) in [5.74, 6) is 0.585. The highest BCUT2D eigenvalue weighted by Crippen LogP contribution is 2.22. The van der Waals surface area contributed by atoms with Crippen molar-refractivity contribution in [3.8, 4) is 0 Å². The molecule has 1 fully saturated rings. The quantitative estimate of drug-likeness (QED) is 0.908. The average molecular weight is 312 g/mol. The van der Waals surface area contributed by atoms with Gasteiger partial charge < -0.3 is 15.0 Å². The van der Waals surface area contributed by atoms with Crippen LogP contribution >= 0.6 is 11.6 Å². The Morgan fingerprint density at radius 1 is 1.52 bits per heavy atom. The SMILES string of the molecule is CCCNc1ncc(C(=O)N(C)C2CCOCC2)cc1Cl. The third-order valence-corrected chi connectivity index (χ3v) is 3.98. The van der Waals surface area contributed by atoms with Gasteiger partial charge in [0, 0.05) is 39.0 Å². The first-order valence-electron chi connectivity index (χ1n) is 7.37. The van der Waals surface area contributed by atoms with Crippen LogP contribution in [0, 0.1) is 0 Å². The van der Waals surface area contributed by atoms with Crippen LogP contribution in [0.15, 0.2) is 12.3 Å². The number of anilines is 1. The number of nitrogens with zero attached hydrogens (tertiary/aromatic N) is 2. The summed E-state index contributed by atoms with van der Waals surface area (Å²) < 4.78 is 5.33. The topological polar surface area (TPSA) is 54.5 Å². The molecule has 0 spiro atoms. The van der Waals surface area contributed by atoms with Crippen LogP contribution in [0.2, 0.25) is 5.02 Å². The van der Waals surface area contributed by atoms with E-state index in [0.717, 1.165) is 25.8 Å². The van der Waals surface area contributed by atoms with Crippen LogP contribution in [0.25, 0.3) is 0 Å². The van der Waals surface area contributed by atoms with E-state index in [1.165, 1.54) is 0 Å². The maximum Gasteiger partial charge on any atom is 0.255 e. The van der Waals surface area contributed by atoms with Gasteiger partial charge in [0.05, 0.1) is 10.6 Å². The zero-order chi connectivity index (χ0) is 15.2. The molecular weight excluding hydrogens is 290 g/mol. The summed E-state index contributed by atoms with van der Waals surface area (Å²) in [5, 5.41) is 3.62. The van der Waals surface area contributed by atoms with E-state index in [4.69, 9.17) is 16.3 Å². The van der Waals surface area contributed by atoms with Gasteiger partial charge in [-0.25, -0.2) is 4.98 Å². The van der Waals surface area contributed by atoms with Crippen LogP contribution in [0.1, 0.15) is 36.5 Å². The van der Waals surface area contributed by atoms with Gasteiger partial charge in [-0.15, -0.1) is 0 Å². The second-order valence-electron chi connectivity index (χ2n) is 5.24. The zero-order valence-electron chi connectivity index (χ0n) is 12.6. The van der Waals surface area contributed by atoms with Gasteiger partial charge in [0.25, 0.3) is 5.91 Å². The molecule has 0 saturated carbocycles. The smallest absolute Gasteiger partial charge is 0.255 e. The molecule has 2 rings (SSSR count). The lowest BCUT2D eigenvalue weighted by atomic mass is 10.1. The maximum atomic E-state index is 12.5. The minimum Gasteiger partial charge on any atom is -0.381 e. The molecule has 1 saturated heterocycles. The second kappa shape index (κ2) is 7.61. The molecule has 1 aliphatic heterocycles. The molecule has 6 heteroatoms. The summed E-state index contributed by atoms with van der Waals surface area (Å²) in [4.78, 5) is 18.5. The number of hydrogen-bond donors (Lipinski definition) is 1. The Morgan fingerprint density at radius 2 is 2.24 bits per heavy atom. The summed E-state index contributed by atoms with van der Waals surface area (Å²) in [6.07, 6.45) is 4.33. The largest absolute Gasteiger partial charge is 0.381 e.